The van der Waals surface area contributed by atoms with Crippen molar-refractivity contribution in [3.05, 3.63) is 64.1 Å². The molecule has 0 radical (unpaired) electrons. The average Bonchev–Trinajstić information content (AvgIpc) is 2.72. The van der Waals surface area contributed by atoms with Crippen LogP contribution in [-0.2, 0) is 16.1 Å². The van der Waals surface area contributed by atoms with Gasteiger partial charge < -0.3 is 10.1 Å². The number of hydrogen-bond donors (Lipinski definition) is 1. The van der Waals surface area contributed by atoms with Crippen molar-refractivity contribution in [3.63, 3.8) is 0 Å². The molecule has 1 amide bonds. The molecule has 0 bridgehead atoms. The lowest BCUT2D eigenvalue weighted by molar-refractivity contribution is -0.118. The maximum absolute atomic E-state index is 12.8. The Morgan fingerprint density at radius 3 is 2.62 bits per heavy atom. The lowest BCUT2D eigenvalue weighted by Crippen LogP contribution is -2.47. The minimum atomic E-state index is -0.112. The monoisotopic (exact) mass is 435 g/mol. The first-order valence-electron chi connectivity index (χ1n) is 9.84. The molecule has 0 saturated carbocycles. The van der Waals surface area contributed by atoms with Gasteiger partial charge in [0.15, 0.2) is 0 Å². The first-order valence-corrected chi connectivity index (χ1v) is 10.6. The zero-order valence-corrected chi connectivity index (χ0v) is 18.1. The molecule has 1 saturated heterocycles. The molecule has 5 nitrogen and oxygen atoms in total. The highest BCUT2D eigenvalue weighted by Gasteiger charge is 2.22. The van der Waals surface area contributed by atoms with Crippen molar-refractivity contribution in [2.24, 2.45) is 0 Å². The van der Waals surface area contributed by atoms with Gasteiger partial charge in [-0.3, -0.25) is 14.6 Å². The van der Waals surface area contributed by atoms with Crippen LogP contribution in [0.25, 0.3) is 0 Å². The summed E-state index contributed by atoms with van der Waals surface area (Å²) in [4.78, 5) is 17.4. The van der Waals surface area contributed by atoms with E-state index in [1.807, 2.05) is 18.2 Å². The molecule has 2 aromatic rings. The van der Waals surface area contributed by atoms with E-state index in [1.165, 1.54) is 5.56 Å². The second-order valence-electron chi connectivity index (χ2n) is 7.32. The fourth-order valence-corrected chi connectivity index (χ4v) is 3.76. The predicted octanol–water partition coefficient (Wildman–Crippen LogP) is 4.15. The number of carbonyl (C=O) groups excluding carboxylic acids is 1. The molecule has 7 heteroatoms. The predicted molar refractivity (Wildman–Crippen MR) is 119 cm³/mol. The SMILES string of the molecule is CC(CN1CCOCC1)N(CC(=O)Nc1cc(Cl)ccc1Cl)Cc1ccccc1. The number of ether oxygens (including phenoxy) is 1. The minimum Gasteiger partial charge on any atom is -0.379 e. The number of carbonyl (C=O) groups is 1. The van der Waals surface area contributed by atoms with Gasteiger partial charge in [0, 0.05) is 37.2 Å². The summed E-state index contributed by atoms with van der Waals surface area (Å²) in [6, 6.07) is 15.5. The van der Waals surface area contributed by atoms with Crippen molar-refractivity contribution >= 4 is 34.8 Å². The molecule has 1 unspecified atom stereocenters. The van der Waals surface area contributed by atoms with Crippen LogP contribution in [0.15, 0.2) is 48.5 Å². The Hall–Kier alpha value is -1.63. The minimum absolute atomic E-state index is 0.112. The number of benzene rings is 2. The van der Waals surface area contributed by atoms with Crippen molar-refractivity contribution in [3.8, 4) is 0 Å². The third kappa shape index (κ3) is 6.98. The molecule has 1 aliphatic rings. The second-order valence-corrected chi connectivity index (χ2v) is 8.17. The van der Waals surface area contributed by atoms with E-state index in [9.17, 15) is 4.79 Å². The Labute approximate surface area is 182 Å². The van der Waals surface area contributed by atoms with E-state index >= 15 is 0 Å². The van der Waals surface area contributed by atoms with Gasteiger partial charge in [-0.25, -0.2) is 0 Å². The van der Waals surface area contributed by atoms with Gasteiger partial charge in [-0.2, -0.15) is 0 Å². The van der Waals surface area contributed by atoms with E-state index in [0.29, 0.717) is 22.3 Å². The highest BCUT2D eigenvalue weighted by molar-refractivity contribution is 6.35. The third-order valence-corrected chi connectivity index (χ3v) is 5.59. The van der Waals surface area contributed by atoms with Gasteiger partial charge in [0.25, 0.3) is 0 Å². The van der Waals surface area contributed by atoms with Crippen LogP contribution >= 0.6 is 23.2 Å². The van der Waals surface area contributed by atoms with Crippen LogP contribution in [0.5, 0.6) is 0 Å². The summed E-state index contributed by atoms with van der Waals surface area (Å²) in [7, 11) is 0. The number of anilines is 1. The van der Waals surface area contributed by atoms with E-state index in [0.717, 1.165) is 32.8 Å². The summed E-state index contributed by atoms with van der Waals surface area (Å²) in [5, 5.41) is 3.90. The zero-order chi connectivity index (χ0) is 20.6. The Kier molecular flexibility index (Phi) is 8.33. The Morgan fingerprint density at radius 1 is 1.17 bits per heavy atom. The van der Waals surface area contributed by atoms with Crippen LogP contribution in [0, 0.1) is 0 Å². The van der Waals surface area contributed by atoms with E-state index in [-0.39, 0.29) is 18.5 Å². The third-order valence-electron chi connectivity index (χ3n) is 5.03. The van der Waals surface area contributed by atoms with Crippen molar-refractivity contribution in [1.82, 2.24) is 9.80 Å². The molecule has 1 heterocycles. The van der Waals surface area contributed by atoms with Crippen LogP contribution < -0.4 is 5.32 Å². The fourth-order valence-electron chi connectivity index (χ4n) is 3.43. The van der Waals surface area contributed by atoms with Gasteiger partial charge in [0.1, 0.15) is 0 Å². The van der Waals surface area contributed by atoms with Gasteiger partial charge in [-0.05, 0) is 30.7 Å². The summed E-state index contributed by atoms with van der Waals surface area (Å²) >= 11 is 12.2. The lowest BCUT2D eigenvalue weighted by atomic mass is 10.1. The highest BCUT2D eigenvalue weighted by atomic mass is 35.5. The molecule has 0 aromatic heterocycles. The van der Waals surface area contributed by atoms with E-state index < -0.39 is 0 Å². The largest absolute Gasteiger partial charge is 0.379 e. The normalized spacial score (nSPS) is 16.0. The molecule has 29 heavy (non-hydrogen) atoms. The molecule has 1 aliphatic heterocycles. The standard InChI is InChI=1S/C22H27Cl2N3O2/c1-17(14-26-9-11-29-12-10-26)27(15-18-5-3-2-4-6-18)16-22(28)25-21-13-19(23)7-8-20(21)24/h2-8,13,17H,9-12,14-16H2,1H3,(H,25,28). The first kappa shape index (κ1) is 22.1. The Morgan fingerprint density at radius 2 is 1.90 bits per heavy atom. The summed E-state index contributed by atoms with van der Waals surface area (Å²) in [5.74, 6) is -0.112. The number of hydrogen-bond acceptors (Lipinski definition) is 4. The van der Waals surface area contributed by atoms with Crippen molar-refractivity contribution in [2.45, 2.75) is 19.5 Å². The average molecular weight is 436 g/mol. The molecule has 1 N–H and O–H groups in total. The number of nitrogens with one attached hydrogen (secondary N) is 1. The van der Waals surface area contributed by atoms with Gasteiger partial charge in [-0.1, -0.05) is 53.5 Å². The van der Waals surface area contributed by atoms with Crippen LogP contribution in [0.4, 0.5) is 5.69 Å². The van der Waals surface area contributed by atoms with E-state index in [1.54, 1.807) is 18.2 Å². The second kappa shape index (κ2) is 11.0. The number of rotatable bonds is 8. The first-order chi connectivity index (χ1) is 14.0. The van der Waals surface area contributed by atoms with Gasteiger partial charge >= 0.3 is 0 Å². The molecule has 156 valence electrons. The van der Waals surface area contributed by atoms with Gasteiger partial charge in [0.05, 0.1) is 30.5 Å². The summed E-state index contributed by atoms with van der Waals surface area (Å²) in [5.41, 5.74) is 1.71. The smallest absolute Gasteiger partial charge is 0.238 e. The molecule has 1 atom stereocenters. The highest BCUT2D eigenvalue weighted by Crippen LogP contribution is 2.25. The molecule has 0 aliphatic carbocycles. The Bertz CT molecular complexity index is 798. The molecular weight excluding hydrogens is 409 g/mol. The van der Waals surface area contributed by atoms with Crippen LogP contribution in [-0.4, -0.2) is 61.1 Å². The number of morpholine rings is 1. The molecule has 2 aromatic carbocycles. The van der Waals surface area contributed by atoms with Crippen LogP contribution in [0.1, 0.15) is 12.5 Å². The summed E-state index contributed by atoms with van der Waals surface area (Å²) in [6.07, 6.45) is 0. The number of amides is 1. The molecular formula is C22H27Cl2N3O2. The fraction of sp³-hybridized carbons (Fsp3) is 0.409. The summed E-state index contributed by atoms with van der Waals surface area (Å²) in [6.45, 7) is 7.39. The molecule has 3 rings (SSSR count). The Balaban J connectivity index is 1.67. The zero-order valence-electron chi connectivity index (χ0n) is 16.6. The topological polar surface area (TPSA) is 44.8 Å². The van der Waals surface area contributed by atoms with Crippen LogP contribution in [0.3, 0.4) is 0 Å². The molecule has 0 spiro atoms. The van der Waals surface area contributed by atoms with E-state index in [2.05, 4.69) is 34.2 Å². The number of halogens is 2. The van der Waals surface area contributed by atoms with Gasteiger partial charge in [0.2, 0.25) is 5.91 Å². The van der Waals surface area contributed by atoms with Crippen molar-refractivity contribution in [1.29, 1.82) is 0 Å². The van der Waals surface area contributed by atoms with E-state index in [4.69, 9.17) is 27.9 Å². The van der Waals surface area contributed by atoms with Crippen LogP contribution in [0.2, 0.25) is 10.0 Å². The van der Waals surface area contributed by atoms with Crippen molar-refractivity contribution in [2.75, 3.05) is 44.7 Å². The van der Waals surface area contributed by atoms with Crippen molar-refractivity contribution < 1.29 is 9.53 Å². The van der Waals surface area contributed by atoms with Gasteiger partial charge in [-0.15, -0.1) is 0 Å². The summed E-state index contributed by atoms with van der Waals surface area (Å²) < 4.78 is 5.45. The maximum atomic E-state index is 12.8. The number of nitrogens with zero attached hydrogens (tertiary/aromatic N) is 2. The lowest BCUT2D eigenvalue weighted by Gasteiger charge is -2.34. The maximum Gasteiger partial charge on any atom is 0.238 e. The molecule has 1 fully saturated rings. The quantitative estimate of drug-likeness (QED) is 0.675.